The fourth-order valence-corrected chi connectivity index (χ4v) is 4.60. The zero-order valence-corrected chi connectivity index (χ0v) is 20.6. The Morgan fingerprint density at radius 1 is 1.03 bits per heavy atom. The Bertz CT molecular complexity index is 1650. The molecule has 1 aliphatic rings. The lowest BCUT2D eigenvalue weighted by Crippen LogP contribution is -2.35. The first kappa shape index (κ1) is 23.0. The molecule has 0 unspecified atom stereocenters. The van der Waals surface area contributed by atoms with Crippen LogP contribution < -0.4 is 10.1 Å². The maximum atomic E-state index is 13.4. The lowest BCUT2D eigenvalue weighted by Gasteiger charge is -2.17. The van der Waals surface area contributed by atoms with Crippen molar-refractivity contribution in [3.8, 4) is 28.2 Å². The summed E-state index contributed by atoms with van der Waals surface area (Å²) >= 11 is 0. The first-order valence-corrected chi connectivity index (χ1v) is 12.0. The van der Waals surface area contributed by atoms with Gasteiger partial charge in [-0.1, -0.05) is 11.2 Å². The number of ether oxygens (including phenoxy) is 1. The summed E-state index contributed by atoms with van der Waals surface area (Å²) in [5.74, 6) is 1.53. The minimum atomic E-state index is -0.638. The second-order valence-electron chi connectivity index (χ2n) is 9.42. The summed E-state index contributed by atoms with van der Waals surface area (Å²) in [5, 5.41) is 7.85. The van der Waals surface area contributed by atoms with E-state index in [1.165, 1.54) is 12.1 Å². The van der Waals surface area contributed by atoms with E-state index in [9.17, 15) is 9.18 Å². The molecular formula is C29H24FN3O4. The molecule has 0 bridgehead atoms. The van der Waals surface area contributed by atoms with E-state index in [0.29, 0.717) is 28.8 Å². The number of hydrogen-bond donors (Lipinski definition) is 1. The van der Waals surface area contributed by atoms with Gasteiger partial charge in [0.15, 0.2) is 5.82 Å². The van der Waals surface area contributed by atoms with Crippen molar-refractivity contribution in [1.29, 1.82) is 0 Å². The van der Waals surface area contributed by atoms with Gasteiger partial charge in [0, 0.05) is 10.9 Å². The van der Waals surface area contributed by atoms with Gasteiger partial charge in [-0.15, -0.1) is 0 Å². The number of aryl methyl sites for hydroxylation is 2. The zero-order chi connectivity index (χ0) is 25.7. The molecule has 0 aliphatic heterocycles. The number of carbonyl (C=O) groups is 1. The number of nitrogens with zero attached hydrogens (tertiary/aromatic N) is 2. The van der Waals surface area contributed by atoms with Gasteiger partial charge in [-0.2, -0.15) is 4.98 Å². The molecule has 1 saturated carbocycles. The Labute approximate surface area is 212 Å². The highest BCUT2D eigenvalue weighted by molar-refractivity contribution is 5.99. The number of halogens is 1. The molecule has 2 aromatic heterocycles. The molecular weight excluding hydrogens is 473 g/mol. The number of aromatic nitrogens is 2. The predicted octanol–water partition coefficient (Wildman–Crippen LogP) is 6.33. The molecule has 8 heteroatoms. The van der Waals surface area contributed by atoms with E-state index in [0.717, 1.165) is 46.1 Å². The van der Waals surface area contributed by atoms with Crippen LogP contribution in [0.5, 0.6) is 5.75 Å². The normalized spacial score (nSPS) is 14.1. The Morgan fingerprint density at radius 3 is 2.46 bits per heavy atom. The van der Waals surface area contributed by atoms with Gasteiger partial charge in [-0.05, 0) is 98.0 Å². The first-order chi connectivity index (χ1) is 17.8. The highest BCUT2D eigenvalue weighted by atomic mass is 19.1. The van der Waals surface area contributed by atoms with Gasteiger partial charge in [0.1, 0.15) is 28.4 Å². The largest absolute Gasteiger partial charge is 0.496 e. The molecule has 5 aromatic rings. The number of benzene rings is 3. The van der Waals surface area contributed by atoms with Crippen molar-refractivity contribution in [2.45, 2.75) is 32.2 Å². The van der Waals surface area contributed by atoms with Crippen molar-refractivity contribution in [3.05, 3.63) is 89.3 Å². The van der Waals surface area contributed by atoms with Gasteiger partial charge < -0.3 is 19.0 Å². The van der Waals surface area contributed by atoms with Crippen LogP contribution in [0.3, 0.4) is 0 Å². The predicted molar refractivity (Wildman–Crippen MR) is 136 cm³/mol. The molecule has 37 heavy (non-hydrogen) atoms. The fourth-order valence-electron chi connectivity index (χ4n) is 4.60. The van der Waals surface area contributed by atoms with E-state index in [2.05, 4.69) is 15.5 Å². The van der Waals surface area contributed by atoms with Crippen LogP contribution in [0, 0.1) is 19.7 Å². The third-order valence-electron chi connectivity index (χ3n) is 6.79. The number of furan rings is 1. The van der Waals surface area contributed by atoms with Crippen LogP contribution in [0.15, 0.2) is 69.6 Å². The Hall–Kier alpha value is -4.46. The lowest BCUT2D eigenvalue weighted by molar-refractivity contribution is 0.0917. The standard InChI is InChI=1S/C29H24FN3O4/c1-16-12-26(35-3)23(27(34)32-29(10-11-29)28-31-17(2)33-37-28)15-22(16)19-6-9-24-20(13-19)14-25(36-24)18-4-7-21(30)8-5-18/h4-9,12-15H,10-11H2,1-3H3,(H,32,34). The number of amides is 1. The van der Waals surface area contributed by atoms with E-state index in [4.69, 9.17) is 13.7 Å². The molecule has 0 spiro atoms. The summed E-state index contributed by atoms with van der Waals surface area (Å²) in [6.07, 6.45) is 1.46. The maximum absolute atomic E-state index is 13.4. The van der Waals surface area contributed by atoms with E-state index in [1.807, 2.05) is 43.3 Å². The van der Waals surface area contributed by atoms with Crippen LogP contribution >= 0.6 is 0 Å². The summed E-state index contributed by atoms with van der Waals surface area (Å²) in [6, 6.07) is 17.7. The molecule has 3 aromatic carbocycles. The van der Waals surface area contributed by atoms with E-state index < -0.39 is 5.54 Å². The lowest BCUT2D eigenvalue weighted by atomic mass is 9.96. The quantitative estimate of drug-likeness (QED) is 0.295. The zero-order valence-electron chi connectivity index (χ0n) is 20.6. The average molecular weight is 498 g/mol. The maximum Gasteiger partial charge on any atom is 0.255 e. The fraction of sp³-hybridized carbons (Fsp3) is 0.207. The second kappa shape index (κ2) is 8.58. The Morgan fingerprint density at radius 2 is 1.78 bits per heavy atom. The smallest absolute Gasteiger partial charge is 0.255 e. The summed E-state index contributed by atoms with van der Waals surface area (Å²) < 4.78 is 30.2. The topological polar surface area (TPSA) is 90.4 Å². The molecule has 0 saturated heterocycles. The third-order valence-corrected chi connectivity index (χ3v) is 6.79. The first-order valence-electron chi connectivity index (χ1n) is 12.0. The monoisotopic (exact) mass is 497 g/mol. The van der Waals surface area contributed by atoms with Crippen molar-refractivity contribution < 1.29 is 22.9 Å². The van der Waals surface area contributed by atoms with Gasteiger partial charge in [0.05, 0.1) is 12.7 Å². The highest BCUT2D eigenvalue weighted by Gasteiger charge is 2.51. The van der Waals surface area contributed by atoms with Gasteiger partial charge in [0.2, 0.25) is 0 Å². The number of fused-ring (bicyclic) bond motifs is 1. The summed E-state index contributed by atoms with van der Waals surface area (Å²) in [7, 11) is 1.55. The van der Waals surface area contributed by atoms with Crippen molar-refractivity contribution in [1.82, 2.24) is 15.5 Å². The number of nitrogens with one attached hydrogen (secondary N) is 1. The van der Waals surface area contributed by atoms with Gasteiger partial charge in [0.25, 0.3) is 11.8 Å². The van der Waals surface area contributed by atoms with Crippen LogP contribution in [0.25, 0.3) is 33.4 Å². The molecule has 2 heterocycles. The SMILES string of the molecule is COc1cc(C)c(-c2ccc3oc(-c4ccc(F)cc4)cc3c2)cc1C(=O)NC1(c2nc(C)no2)CC1. The van der Waals surface area contributed by atoms with Crippen molar-refractivity contribution in [3.63, 3.8) is 0 Å². The van der Waals surface area contributed by atoms with E-state index in [1.54, 1.807) is 26.2 Å². The van der Waals surface area contributed by atoms with Crippen LogP contribution in [-0.4, -0.2) is 23.2 Å². The number of methoxy groups -OCH3 is 1. The molecule has 1 fully saturated rings. The minimum absolute atomic E-state index is 0.269. The Kier molecular flexibility index (Phi) is 5.33. The van der Waals surface area contributed by atoms with Gasteiger partial charge >= 0.3 is 0 Å². The molecule has 6 rings (SSSR count). The molecule has 1 amide bonds. The molecule has 0 radical (unpaired) electrons. The average Bonchev–Trinajstić information content (AvgIpc) is 3.32. The number of rotatable bonds is 6. The van der Waals surface area contributed by atoms with Crippen molar-refractivity contribution in [2.24, 2.45) is 0 Å². The number of hydrogen-bond acceptors (Lipinski definition) is 6. The highest BCUT2D eigenvalue weighted by Crippen LogP contribution is 2.45. The van der Waals surface area contributed by atoms with Crippen LogP contribution in [0.1, 0.15) is 40.5 Å². The summed E-state index contributed by atoms with van der Waals surface area (Å²) in [6.45, 7) is 3.73. The summed E-state index contributed by atoms with van der Waals surface area (Å²) in [5.41, 5.74) is 4.09. The van der Waals surface area contributed by atoms with Gasteiger partial charge in [-0.25, -0.2) is 4.39 Å². The van der Waals surface area contributed by atoms with Crippen molar-refractivity contribution >= 4 is 16.9 Å². The number of carbonyl (C=O) groups excluding carboxylic acids is 1. The second-order valence-corrected chi connectivity index (χ2v) is 9.42. The molecule has 1 aliphatic carbocycles. The van der Waals surface area contributed by atoms with Crippen LogP contribution in [0.4, 0.5) is 4.39 Å². The minimum Gasteiger partial charge on any atom is -0.496 e. The summed E-state index contributed by atoms with van der Waals surface area (Å²) in [4.78, 5) is 17.7. The molecule has 186 valence electrons. The van der Waals surface area contributed by atoms with Crippen LogP contribution in [0.2, 0.25) is 0 Å². The van der Waals surface area contributed by atoms with Crippen molar-refractivity contribution in [2.75, 3.05) is 7.11 Å². The molecule has 0 atom stereocenters. The molecule has 1 N–H and O–H groups in total. The third kappa shape index (κ3) is 4.14. The Balaban J connectivity index is 1.35. The van der Waals surface area contributed by atoms with Gasteiger partial charge in [-0.3, -0.25) is 4.79 Å². The van der Waals surface area contributed by atoms with E-state index in [-0.39, 0.29) is 11.7 Å². The van der Waals surface area contributed by atoms with E-state index >= 15 is 0 Å². The van der Waals surface area contributed by atoms with Crippen LogP contribution in [-0.2, 0) is 5.54 Å². The molecule has 7 nitrogen and oxygen atoms in total.